The minimum absolute atomic E-state index is 0.0248. The standard InChI is InChI=1S/C22H23Cl2N3O2/c1-13(28)25-20(10-14-2-4-15(23)5-3-14)22(29)27-9-8-17-18-11-16(24)6-7-19(18)26-21(17)12-27/h2-7,11,13,20,25-26,28H,8-10,12H2,1H3. The Hall–Kier alpha value is -2.05. The van der Waals surface area contributed by atoms with Crippen molar-refractivity contribution in [2.75, 3.05) is 6.54 Å². The Morgan fingerprint density at radius 2 is 1.93 bits per heavy atom. The van der Waals surface area contributed by atoms with E-state index >= 15 is 0 Å². The lowest BCUT2D eigenvalue weighted by atomic mass is 10.0. The Kier molecular flexibility index (Phi) is 5.83. The minimum atomic E-state index is -0.785. The molecule has 0 spiro atoms. The van der Waals surface area contributed by atoms with Crippen molar-refractivity contribution >= 4 is 40.0 Å². The molecule has 3 aromatic rings. The van der Waals surface area contributed by atoms with Crippen LogP contribution in [0.25, 0.3) is 10.9 Å². The first-order chi connectivity index (χ1) is 13.9. The molecule has 5 nitrogen and oxygen atoms in total. The van der Waals surface area contributed by atoms with E-state index in [4.69, 9.17) is 23.2 Å². The van der Waals surface area contributed by atoms with E-state index < -0.39 is 12.3 Å². The molecule has 0 bridgehead atoms. The normalized spacial score (nSPS) is 15.9. The molecule has 1 aliphatic rings. The third kappa shape index (κ3) is 4.43. The summed E-state index contributed by atoms with van der Waals surface area (Å²) in [5, 5.41) is 15.3. The lowest BCUT2D eigenvalue weighted by molar-refractivity contribution is -0.135. The fourth-order valence-electron chi connectivity index (χ4n) is 3.99. The number of rotatable bonds is 5. The van der Waals surface area contributed by atoms with Gasteiger partial charge in [0, 0.05) is 33.2 Å². The van der Waals surface area contributed by atoms with Gasteiger partial charge in [-0.2, -0.15) is 0 Å². The van der Waals surface area contributed by atoms with Crippen molar-refractivity contribution in [1.29, 1.82) is 0 Å². The highest BCUT2D eigenvalue weighted by Gasteiger charge is 2.29. The number of carbonyl (C=O) groups is 1. The molecule has 4 rings (SSSR count). The van der Waals surface area contributed by atoms with Crippen molar-refractivity contribution in [2.45, 2.75) is 38.6 Å². The van der Waals surface area contributed by atoms with Gasteiger partial charge >= 0.3 is 0 Å². The van der Waals surface area contributed by atoms with Crippen LogP contribution in [0.4, 0.5) is 0 Å². The Balaban J connectivity index is 1.55. The summed E-state index contributed by atoms with van der Waals surface area (Å²) in [6, 6.07) is 12.7. The number of halogens is 2. The van der Waals surface area contributed by atoms with Gasteiger partial charge in [-0.3, -0.25) is 10.1 Å². The Morgan fingerprint density at radius 1 is 1.21 bits per heavy atom. The first kappa shape index (κ1) is 20.2. The summed E-state index contributed by atoms with van der Waals surface area (Å²) in [5.74, 6) is -0.0248. The van der Waals surface area contributed by atoms with E-state index in [-0.39, 0.29) is 5.91 Å². The molecule has 7 heteroatoms. The number of amides is 1. The summed E-state index contributed by atoms with van der Waals surface area (Å²) in [5.41, 5.74) is 4.29. The van der Waals surface area contributed by atoms with Crippen LogP contribution in [0, 0.1) is 0 Å². The van der Waals surface area contributed by atoms with E-state index in [1.807, 2.05) is 47.4 Å². The summed E-state index contributed by atoms with van der Waals surface area (Å²) in [6.07, 6.45) is 0.461. The zero-order valence-electron chi connectivity index (χ0n) is 16.1. The lowest BCUT2D eigenvalue weighted by Crippen LogP contribution is -2.51. The van der Waals surface area contributed by atoms with Gasteiger partial charge in [0.25, 0.3) is 0 Å². The van der Waals surface area contributed by atoms with Crippen molar-refractivity contribution in [1.82, 2.24) is 15.2 Å². The fraction of sp³-hybridized carbons (Fsp3) is 0.318. The zero-order valence-corrected chi connectivity index (χ0v) is 17.6. The highest BCUT2D eigenvalue weighted by Crippen LogP contribution is 2.30. The van der Waals surface area contributed by atoms with E-state index in [1.165, 1.54) is 5.56 Å². The van der Waals surface area contributed by atoms with E-state index in [2.05, 4.69) is 10.3 Å². The average Bonchev–Trinajstić information content (AvgIpc) is 3.05. The molecule has 2 heterocycles. The number of hydrogen-bond acceptors (Lipinski definition) is 3. The van der Waals surface area contributed by atoms with Crippen LogP contribution in [0.1, 0.15) is 23.7 Å². The molecular weight excluding hydrogens is 409 g/mol. The van der Waals surface area contributed by atoms with Crippen molar-refractivity contribution in [3.63, 3.8) is 0 Å². The van der Waals surface area contributed by atoms with Gasteiger partial charge < -0.3 is 15.0 Å². The molecular formula is C22H23Cl2N3O2. The molecule has 3 N–H and O–H groups in total. The van der Waals surface area contributed by atoms with Crippen molar-refractivity contribution in [3.05, 3.63) is 69.3 Å². The molecule has 1 aliphatic heterocycles. The number of H-pyrrole nitrogens is 1. The lowest BCUT2D eigenvalue weighted by Gasteiger charge is -2.31. The van der Waals surface area contributed by atoms with Crippen LogP contribution in [-0.4, -0.2) is 39.7 Å². The SMILES string of the molecule is CC(O)NC(Cc1ccc(Cl)cc1)C(=O)N1CCc2c([nH]c3ccc(Cl)cc23)C1. The van der Waals surface area contributed by atoms with Gasteiger partial charge in [-0.25, -0.2) is 0 Å². The number of hydrogen-bond donors (Lipinski definition) is 3. The zero-order chi connectivity index (χ0) is 20.5. The molecule has 2 aromatic carbocycles. The summed E-state index contributed by atoms with van der Waals surface area (Å²) in [7, 11) is 0. The maximum Gasteiger partial charge on any atom is 0.240 e. The first-order valence-corrected chi connectivity index (χ1v) is 10.4. The predicted octanol–water partition coefficient (Wildman–Crippen LogP) is 3.90. The summed E-state index contributed by atoms with van der Waals surface area (Å²) >= 11 is 12.1. The van der Waals surface area contributed by atoms with Crippen molar-refractivity contribution in [3.8, 4) is 0 Å². The maximum atomic E-state index is 13.3. The van der Waals surface area contributed by atoms with Crippen LogP contribution in [-0.2, 0) is 24.2 Å². The summed E-state index contributed by atoms with van der Waals surface area (Å²) < 4.78 is 0. The topological polar surface area (TPSA) is 68.4 Å². The highest BCUT2D eigenvalue weighted by molar-refractivity contribution is 6.31. The molecule has 0 saturated heterocycles. The van der Waals surface area contributed by atoms with Crippen LogP contribution in [0.15, 0.2) is 42.5 Å². The monoisotopic (exact) mass is 431 g/mol. The van der Waals surface area contributed by atoms with Crippen LogP contribution < -0.4 is 5.32 Å². The highest BCUT2D eigenvalue weighted by atomic mass is 35.5. The average molecular weight is 432 g/mol. The molecule has 2 atom stereocenters. The largest absolute Gasteiger partial charge is 0.379 e. The van der Waals surface area contributed by atoms with Gasteiger partial charge in [-0.15, -0.1) is 0 Å². The number of nitrogens with zero attached hydrogens (tertiary/aromatic N) is 1. The first-order valence-electron chi connectivity index (χ1n) is 9.67. The number of fused-ring (bicyclic) bond motifs is 3. The third-order valence-corrected chi connectivity index (χ3v) is 5.83. The number of aliphatic hydroxyl groups is 1. The number of aliphatic hydroxyl groups excluding tert-OH is 1. The number of aromatic amines is 1. The second kappa shape index (κ2) is 8.36. The van der Waals surface area contributed by atoms with E-state index in [0.29, 0.717) is 29.6 Å². The fourth-order valence-corrected chi connectivity index (χ4v) is 4.28. The van der Waals surface area contributed by atoms with E-state index in [9.17, 15) is 9.90 Å². The Bertz CT molecular complexity index is 1030. The maximum absolute atomic E-state index is 13.3. The van der Waals surface area contributed by atoms with Crippen molar-refractivity contribution in [2.24, 2.45) is 0 Å². The molecule has 0 fully saturated rings. The van der Waals surface area contributed by atoms with E-state index in [1.54, 1.807) is 6.92 Å². The predicted molar refractivity (Wildman–Crippen MR) is 116 cm³/mol. The number of carbonyl (C=O) groups excluding carboxylic acids is 1. The Labute approximate surface area is 179 Å². The quantitative estimate of drug-likeness (QED) is 0.536. The van der Waals surface area contributed by atoms with Crippen LogP contribution in [0.2, 0.25) is 10.0 Å². The molecule has 1 amide bonds. The molecule has 29 heavy (non-hydrogen) atoms. The minimum Gasteiger partial charge on any atom is -0.379 e. The van der Waals surface area contributed by atoms with Gasteiger partial charge in [0.05, 0.1) is 12.6 Å². The summed E-state index contributed by atoms with van der Waals surface area (Å²) in [4.78, 5) is 18.5. The second-order valence-corrected chi connectivity index (χ2v) is 8.38. The Morgan fingerprint density at radius 3 is 2.66 bits per heavy atom. The van der Waals surface area contributed by atoms with Crippen LogP contribution in [0.3, 0.4) is 0 Å². The smallest absolute Gasteiger partial charge is 0.240 e. The second-order valence-electron chi connectivity index (χ2n) is 7.51. The van der Waals surface area contributed by atoms with Gasteiger partial charge in [0.1, 0.15) is 6.23 Å². The van der Waals surface area contributed by atoms with E-state index in [0.717, 1.165) is 28.6 Å². The van der Waals surface area contributed by atoms with Gasteiger partial charge in [0.2, 0.25) is 5.91 Å². The molecule has 152 valence electrons. The van der Waals surface area contributed by atoms with Gasteiger partial charge in [0.15, 0.2) is 0 Å². The number of nitrogens with one attached hydrogen (secondary N) is 2. The van der Waals surface area contributed by atoms with Gasteiger partial charge in [-0.05, 0) is 61.2 Å². The van der Waals surface area contributed by atoms with Crippen molar-refractivity contribution < 1.29 is 9.90 Å². The third-order valence-electron chi connectivity index (χ3n) is 5.34. The molecule has 0 saturated carbocycles. The molecule has 1 aromatic heterocycles. The molecule has 2 unspecified atom stereocenters. The molecule has 0 aliphatic carbocycles. The van der Waals surface area contributed by atoms with Crippen LogP contribution in [0.5, 0.6) is 0 Å². The number of aromatic nitrogens is 1. The van der Waals surface area contributed by atoms with Gasteiger partial charge in [-0.1, -0.05) is 35.3 Å². The van der Waals surface area contributed by atoms with Crippen LogP contribution >= 0.6 is 23.2 Å². The molecule has 0 radical (unpaired) electrons. The number of benzene rings is 2. The summed E-state index contributed by atoms with van der Waals surface area (Å²) in [6.45, 7) is 2.76.